The largest absolute Gasteiger partial charge is 0.353 e. The topological polar surface area (TPSA) is 70.2 Å². The molecular formula is C16H19Cl2N5O. The Hall–Kier alpha value is -1.89. The molecule has 0 unspecified atom stereocenters. The number of amides is 1. The highest BCUT2D eigenvalue weighted by Crippen LogP contribution is 2.30. The Kier molecular flexibility index (Phi) is 6.36. The first-order valence-electron chi connectivity index (χ1n) is 7.36. The van der Waals surface area contributed by atoms with Crippen LogP contribution in [0.25, 0.3) is 0 Å². The van der Waals surface area contributed by atoms with Gasteiger partial charge in [-0.2, -0.15) is 0 Å². The Labute approximate surface area is 151 Å². The van der Waals surface area contributed by atoms with Gasteiger partial charge in [-0.1, -0.05) is 29.3 Å². The minimum absolute atomic E-state index is 0.242. The van der Waals surface area contributed by atoms with Crippen molar-refractivity contribution < 1.29 is 4.79 Å². The molecule has 128 valence electrons. The highest BCUT2D eigenvalue weighted by atomic mass is 35.5. The molecule has 2 rings (SSSR count). The predicted molar refractivity (Wildman–Crippen MR) is 98.2 cm³/mol. The first kappa shape index (κ1) is 18.4. The summed E-state index contributed by atoms with van der Waals surface area (Å²) in [5, 5.41) is 6.53. The summed E-state index contributed by atoms with van der Waals surface area (Å²) in [5.41, 5.74) is 1.29. The van der Waals surface area contributed by atoms with Gasteiger partial charge in [-0.15, -0.1) is 0 Å². The Morgan fingerprint density at radius 3 is 2.50 bits per heavy atom. The van der Waals surface area contributed by atoms with Crippen molar-refractivity contribution in [3.63, 3.8) is 0 Å². The fourth-order valence-corrected chi connectivity index (χ4v) is 2.44. The van der Waals surface area contributed by atoms with E-state index in [2.05, 4.69) is 20.6 Å². The first-order valence-corrected chi connectivity index (χ1v) is 8.12. The lowest BCUT2D eigenvalue weighted by Crippen LogP contribution is -2.22. The number of rotatable bonds is 6. The van der Waals surface area contributed by atoms with E-state index in [-0.39, 0.29) is 5.69 Å². The van der Waals surface area contributed by atoms with Gasteiger partial charge in [0.15, 0.2) is 0 Å². The van der Waals surface area contributed by atoms with Crippen molar-refractivity contribution in [2.75, 3.05) is 37.8 Å². The van der Waals surface area contributed by atoms with Gasteiger partial charge in [-0.3, -0.25) is 4.79 Å². The third kappa shape index (κ3) is 5.06. The highest BCUT2D eigenvalue weighted by Gasteiger charge is 2.14. The van der Waals surface area contributed by atoms with Crippen molar-refractivity contribution in [2.24, 2.45) is 0 Å². The van der Waals surface area contributed by atoms with E-state index in [9.17, 15) is 4.79 Å². The van der Waals surface area contributed by atoms with Gasteiger partial charge in [-0.05, 0) is 39.2 Å². The summed E-state index contributed by atoms with van der Waals surface area (Å²) in [6.07, 6.45) is 0. The van der Waals surface area contributed by atoms with E-state index in [1.807, 2.05) is 19.0 Å². The maximum Gasteiger partial charge on any atom is 0.274 e. The van der Waals surface area contributed by atoms with Crippen LogP contribution in [0.1, 0.15) is 16.2 Å². The number of nitrogens with zero attached hydrogens (tertiary/aromatic N) is 3. The second-order valence-corrected chi connectivity index (χ2v) is 6.31. The van der Waals surface area contributed by atoms with E-state index >= 15 is 0 Å². The molecule has 0 saturated heterocycles. The van der Waals surface area contributed by atoms with Crippen molar-refractivity contribution in [1.82, 2.24) is 14.9 Å². The van der Waals surface area contributed by atoms with E-state index in [0.29, 0.717) is 33.9 Å². The maximum atomic E-state index is 12.5. The molecule has 0 aliphatic carbocycles. The van der Waals surface area contributed by atoms with Crippen molar-refractivity contribution in [3.8, 4) is 0 Å². The van der Waals surface area contributed by atoms with E-state index in [1.165, 1.54) is 0 Å². The van der Waals surface area contributed by atoms with Gasteiger partial charge in [0.25, 0.3) is 5.91 Å². The number of nitrogens with one attached hydrogen (secondary N) is 2. The zero-order valence-corrected chi connectivity index (χ0v) is 15.2. The molecule has 1 heterocycles. The third-order valence-electron chi connectivity index (χ3n) is 3.13. The third-order valence-corrected chi connectivity index (χ3v) is 3.76. The number of anilines is 2. The molecule has 0 saturated carbocycles. The second kappa shape index (κ2) is 8.28. The first-order chi connectivity index (χ1) is 11.4. The summed E-state index contributed by atoms with van der Waals surface area (Å²) in [5.74, 6) is 0.0124. The SMILES string of the molecule is Cc1cc(C(=O)Nc2c(Cl)cccc2Cl)nc(NCCN(C)C)n1. The van der Waals surface area contributed by atoms with Gasteiger partial charge < -0.3 is 15.5 Å². The molecule has 24 heavy (non-hydrogen) atoms. The Bertz CT molecular complexity index is 716. The van der Waals surface area contributed by atoms with E-state index in [0.717, 1.165) is 6.54 Å². The summed E-state index contributed by atoms with van der Waals surface area (Å²) < 4.78 is 0. The molecule has 1 amide bonds. The van der Waals surface area contributed by atoms with E-state index in [1.54, 1.807) is 31.2 Å². The Morgan fingerprint density at radius 2 is 1.88 bits per heavy atom. The van der Waals surface area contributed by atoms with Crippen molar-refractivity contribution in [3.05, 3.63) is 45.7 Å². The molecular weight excluding hydrogens is 349 g/mol. The fraction of sp³-hybridized carbons (Fsp3) is 0.312. The molecule has 0 spiro atoms. The fourth-order valence-electron chi connectivity index (χ4n) is 1.95. The van der Waals surface area contributed by atoms with Crippen LogP contribution in [0.5, 0.6) is 0 Å². The van der Waals surface area contributed by atoms with Gasteiger partial charge in [0.05, 0.1) is 15.7 Å². The summed E-state index contributed by atoms with van der Waals surface area (Å²) in [4.78, 5) is 23.0. The molecule has 0 fully saturated rings. The minimum atomic E-state index is -0.397. The number of hydrogen-bond acceptors (Lipinski definition) is 5. The molecule has 2 N–H and O–H groups in total. The number of benzene rings is 1. The normalized spacial score (nSPS) is 10.8. The number of carbonyl (C=O) groups is 1. The molecule has 2 aromatic rings. The van der Waals surface area contributed by atoms with Gasteiger partial charge in [-0.25, -0.2) is 9.97 Å². The molecule has 8 heteroatoms. The number of aryl methyl sites for hydroxylation is 1. The second-order valence-electron chi connectivity index (χ2n) is 5.50. The molecule has 1 aromatic heterocycles. The molecule has 1 aromatic carbocycles. The van der Waals surface area contributed by atoms with E-state index < -0.39 is 5.91 Å². The quantitative estimate of drug-likeness (QED) is 0.819. The van der Waals surface area contributed by atoms with Crippen LogP contribution < -0.4 is 10.6 Å². The van der Waals surface area contributed by atoms with Crippen molar-refractivity contribution in [2.45, 2.75) is 6.92 Å². The summed E-state index contributed by atoms with van der Waals surface area (Å²) in [6, 6.07) is 6.63. The summed E-state index contributed by atoms with van der Waals surface area (Å²) in [7, 11) is 3.95. The molecule has 6 nitrogen and oxygen atoms in total. The van der Waals surface area contributed by atoms with Gasteiger partial charge in [0, 0.05) is 18.8 Å². The standard InChI is InChI=1S/C16H19Cl2N5O/c1-10-9-13(21-16(20-10)19-7-8-23(2)3)15(24)22-14-11(17)5-4-6-12(14)18/h4-6,9H,7-8H2,1-3H3,(H,22,24)(H,19,20,21). The molecule has 0 aliphatic rings. The minimum Gasteiger partial charge on any atom is -0.353 e. The lowest BCUT2D eigenvalue weighted by Gasteiger charge is -2.12. The number of halogens is 2. The Balaban J connectivity index is 2.15. The van der Waals surface area contributed by atoms with Gasteiger partial charge in [0.2, 0.25) is 5.95 Å². The van der Waals surface area contributed by atoms with Crippen LogP contribution in [-0.2, 0) is 0 Å². The lowest BCUT2D eigenvalue weighted by atomic mass is 10.3. The predicted octanol–water partition coefficient (Wildman–Crippen LogP) is 3.32. The molecule has 0 radical (unpaired) electrons. The van der Waals surface area contributed by atoms with Crippen LogP contribution in [0.4, 0.5) is 11.6 Å². The number of likely N-dealkylation sites (N-methyl/N-ethyl adjacent to an activating group) is 1. The number of hydrogen-bond donors (Lipinski definition) is 2. The van der Waals surface area contributed by atoms with Crippen LogP contribution >= 0.6 is 23.2 Å². The number of carbonyl (C=O) groups excluding carboxylic acids is 1. The highest BCUT2D eigenvalue weighted by molar-refractivity contribution is 6.40. The Morgan fingerprint density at radius 1 is 1.21 bits per heavy atom. The van der Waals surface area contributed by atoms with Crippen LogP contribution in [0.2, 0.25) is 10.0 Å². The summed E-state index contributed by atoms with van der Waals surface area (Å²) in [6.45, 7) is 3.31. The van der Waals surface area contributed by atoms with E-state index in [4.69, 9.17) is 23.2 Å². The van der Waals surface area contributed by atoms with Crippen LogP contribution in [0.15, 0.2) is 24.3 Å². The van der Waals surface area contributed by atoms with Gasteiger partial charge in [0.1, 0.15) is 5.69 Å². The van der Waals surface area contributed by atoms with Crippen LogP contribution in [0.3, 0.4) is 0 Å². The molecule has 0 aliphatic heterocycles. The zero-order valence-electron chi connectivity index (χ0n) is 13.7. The molecule has 0 atom stereocenters. The van der Waals surface area contributed by atoms with Gasteiger partial charge >= 0.3 is 0 Å². The number of para-hydroxylation sites is 1. The lowest BCUT2D eigenvalue weighted by molar-refractivity contribution is 0.102. The summed E-state index contributed by atoms with van der Waals surface area (Å²) >= 11 is 12.1. The molecule has 0 bridgehead atoms. The smallest absolute Gasteiger partial charge is 0.274 e. The van der Waals surface area contributed by atoms with Crippen molar-refractivity contribution >= 4 is 40.7 Å². The maximum absolute atomic E-state index is 12.5. The van der Waals surface area contributed by atoms with Crippen LogP contribution in [-0.4, -0.2) is 48.0 Å². The number of aromatic nitrogens is 2. The average molecular weight is 368 g/mol. The zero-order chi connectivity index (χ0) is 17.7. The average Bonchev–Trinajstić information content (AvgIpc) is 2.50. The van der Waals surface area contributed by atoms with Crippen molar-refractivity contribution in [1.29, 1.82) is 0 Å². The van der Waals surface area contributed by atoms with Crippen LogP contribution in [0, 0.1) is 6.92 Å². The monoisotopic (exact) mass is 367 g/mol.